The highest BCUT2D eigenvalue weighted by Crippen LogP contribution is 2.31. The molecule has 0 N–H and O–H groups in total. The average Bonchev–Trinajstić information content (AvgIpc) is 2.01. The Balaban J connectivity index is 3.31. The monoisotopic (exact) mass is 605 g/mol. The zero-order valence-electron chi connectivity index (χ0n) is 6.58. The minimum atomic E-state index is -1.81. The van der Waals surface area contributed by atoms with Gasteiger partial charge in [0.05, 0.1) is 0 Å². The molecule has 1 aromatic carbocycles. The third-order valence-corrected chi connectivity index (χ3v) is 11.6. The van der Waals surface area contributed by atoms with Crippen LogP contribution in [0.1, 0.15) is 0 Å². The van der Waals surface area contributed by atoms with Crippen molar-refractivity contribution in [2.75, 3.05) is 0 Å². The van der Waals surface area contributed by atoms with Crippen molar-refractivity contribution < 1.29 is 0 Å². The fourth-order valence-corrected chi connectivity index (χ4v) is 13.0. The summed E-state index contributed by atoms with van der Waals surface area (Å²) in [4.78, 5) is 0. The SMILES string of the molecule is Br[Si](Br)(Br)c1ccccc1[Si](Br)(Br)Br. The molecule has 0 aromatic heterocycles. The molecular formula is C6H4Br6Si2. The second kappa shape index (κ2) is 5.45. The lowest BCUT2D eigenvalue weighted by Gasteiger charge is -2.19. The highest BCUT2D eigenvalue weighted by molar-refractivity contribution is 9.73. The Morgan fingerprint density at radius 2 is 0.929 bits per heavy atom. The van der Waals surface area contributed by atoms with Crippen molar-refractivity contribution in [2.24, 2.45) is 0 Å². The highest BCUT2D eigenvalue weighted by Gasteiger charge is 2.35. The van der Waals surface area contributed by atoms with E-state index in [1.165, 1.54) is 10.4 Å². The van der Waals surface area contributed by atoms with E-state index in [4.69, 9.17) is 0 Å². The first-order valence-electron chi connectivity index (χ1n) is 3.46. The van der Waals surface area contributed by atoms with E-state index in [9.17, 15) is 0 Å². The number of hydrogen-bond acceptors (Lipinski definition) is 0. The summed E-state index contributed by atoms with van der Waals surface area (Å²) in [6, 6.07) is 8.31. The smallest absolute Gasteiger partial charge is 0.0910 e. The summed E-state index contributed by atoms with van der Waals surface area (Å²) in [6.45, 7) is 0. The van der Waals surface area contributed by atoms with E-state index in [1.54, 1.807) is 0 Å². The molecule has 78 valence electrons. The Bertz CT molecular complexity index is 295. The van der Waals surface area contributed by atoms with Crippen molar-refractivity contribution in [3.63, 3.8) is 0 Å². The van der Waals surface area contributed by atoms with Gasteiger partial charge in [-0.3, -0.25) is 0 Å². The van der Waals surface area contributed by atoms with E-state index in [1.807, 2.05) is 12.1 Å². The fraction of sp³-hybridized carbons (Fsp3) is 0. The molecule has 0 bridgehead atoms. The lowest BCUT2D eigenvalue weighted by Crippen LogP contribution is -2.48. The van der Waals surface area contributed by atoms with Crippen LogP contribution in [0, 0.1) is 0 Å². The Morgan fingerprint density at radius 1 is 0.643 bits per heavy atom. The summed E-state index contributed by atoms with van der Waals surface area (Å²) in [5, 5.41) is 2.55. The Hall–Kier alpha value is 2.53. The topological polar surface area (TPSA) is 0 Å². The van der Waals surface area contributed by atoms with Gasteiger partial charge in [-0.25, -0.2) is 0 Å². The van der Waals surface area contributed by atoms with E-state index in [0.29, 0.717) is 0 Å². The maximum Gasteiger partial charge on any atom is 0.297 e. The Kier molecular flexibility index (Phi) is 5.68. The van der Waals surface area contributed by atoms with Gasteiger partial charge in [-0.05, 0) is 10.4 Å². The van der Waals surface area contributed by atoms with Gasteiger partial charge in [0.25, 0.3) is 7.86 Å². The quantitative estimate of drug-likeness (QED) is 0.345. The van der Waals surface area contributed by atoms with Gasteiger partial charge in [0, 0.05) is 0 Å². The number of hydrogen-bond donors (Lipinski definition) is 0. The second-order valence-electron chi connectivity index (χ2n) is 2.54. The van der Waals surface area contributed by atoms with Crippen LogP contribution in [-0.2, 0) is 0 Å². The molecule has 0 aliphatic heterocycles. The lowest BCUT2D eigenvalue weighted by molar-refractivity contribution is 1.82. The van der Waals surface area contributed by atoms with Crippen molar-refractivity contribution in [2.45, 2.75) is 0 Å². The van der Waals surface area contributed by atoms with Crippen molar-refractivity contribution in [3.05, 3.63) is 24.3 Å². The molecule has 0 amide bonds. The normalized spacial score (nSPS) is 13.0. The molecule has 0 saturated carbocycles. The number of rotatable bonds is 2. The summed E-state index contributed by atoms with van der Waals surface area (Å²) in [5.74, 6) is 0. The second-order valence-corrected chi connectivity index (χ2v) is 46.2. The standard InChI is InChI=1S/C6H4Br6Si2/c7-13(8,9)5-3-1-2-4-6(5)14(10,11)12/h1-4H. The van der Waals surface area contributed by atoms with Gasteiger partial charge in [0.15, 0.2) is 0 Å². The van der Waals surface area contributed by atoms with Crippen LogP contribution < -0.4 is 10.4 Å². The molecule has 0 aliphatic carbocycles. The van der Waals surface area contributed by atoms with Crippen LogP contribution in [0.5, 0.6) is 0 Å². The van der Waals surface area contributed by atoms with Crippen molar-refractivity contribution in [3.8, 4) is 0 Å². The molecule has 0 radical (unpaired) electrons. The molecule has 0 nitrogen and oxygen atoms in total. The molecule has 0 saturated heterocycles. The maximum atomic E-state index is 3.66. The van der Waals surface area contributed by atoms with Crippen LogP contribution in [0.3, 0.4) is 0 Å². The number of halogens is 6. The molecule has 0 unspecified atom stereocenters. The average molecular weight is 612 g/mol. The van der Waals surface area contributed by atoms with Gasteiger partial charge in [-0.15, -0.1) is 0 Å². The maximum absolute atomic E-state index is 3.66. The van der Waals surface area contributed by atoms with E-state index < -0.39 is 7.86 Å². The molecule has 8 heteroatoms. The van der Waals surface area contributed by atoms with Gasteiger partial charge in [0.2, 0.25) is 0 Å². The van der Waals surface area contributed by atoms with Gasteiger partial charge in [-0.2, -0.15) is 0 Å². The highest BCUT2D eigenvalue weighted by atomic mass is 80.0. The van der Waals surface area contributed by atoms with Crippen molar-refractivity contribution >= 4 is 110 Å². The first kappa shape index (κ1) is 14.6. The van der Waals surface area contributed by atoms with Gasteiger partial charge >= 0.3 is 0 Å². The van der Waals surface area contributed by atoms with Crippen molar-refractivity contribution in [1.82, 2.24) is 0 Å². The minimum absolute atomic E-state index is 1.28. The van der Waals surface area contributed by atoms with Crippen LogP contribution in [-0.4, -0.2) is 7.86 Å². The summed E-state index contributed by atoms with van der Waals surface area (Å²) in [6.07, 6.45) is 0. The van der Waals surface area contributed by atoms with Gasteiger partial charge in [-0.1, -0.05) is 116 Å². The molecule has 14 heavy (non-hydrogen) atoms. The molecule has 0 fully saturated rings. The molecule has 0 spiro atoms. The van der Waals surface area contributed by atoms with Crippen LogP contribution in [0.4, 0.5) is 0 Å². The largest absolute Gasteiger partial charge is 0.297 e. The van der Waals surface area contributed by atoms with E-state index in [2.05, 4.69) is 104 Å². The van der Waals surface area contributed by atoms with Crippen LogP contribution in [0.15, 0.2) is 24.3 Å². The van der Waals surface area contributed by atoms with Crippen LogP contribution in [0.2, 0.25) is 0 Å². The van der Waals surface area contributed by atoms with Gasteiger partial charge < -0.3 is 0 Å². The third-order valence-electron chi connectivity index (χ3n) is 1.54. The predicted molar refractivity (Wildman–Crippen MR) is 90.8 cm³/mol. The van der Waals surface area contributed by atoms with Gasteiger partial charge in [0.1, 0.15) is 0 Å². The van der Waals surface area contributed by atoms with E-state index in [0.717, 1.165) is 0 Å². The molecule has 0 atom stereocenters. The lowest BCUT2D eigenvalue weighted by atomic mass is 10.4. The summed E-state index contributed by atoms with van der Waals surface area (Å²) in [5.41, 5.74) is 0. The molecular weight excluding hydrogens is 608 g/mol. The molecule has 1 rings (SSSR count). The summed E-state index contributed by atoms with van der Waals surface area (Å²) < 4.78 is -3.61. The third kappa shape index (κ3) is 4.08. The predicted octanol–water partition coefficient (Wildman–Crippen LogP) is 4.35. The Labute approximate surface area is 132 Å². The van der Waals surface area contributed by atoms with Crippen LogP contribution >= 0.6 is 91.8 Å². The van der Waals surface area contributed by atoms with E-state index >= 15 is 0 Å². The zero-order valence-corrected chi connectivity index (χ0v) is 18.1. The van der Waals surface area contributed by atoms with E-state index in [-0.39, 0.29) is 0 Å². The first-order chi connectivity index (χ1) is 6.23. The molecule has 1 aromatic rings. The summed E-state index contributed by atoms with van der Waals surface area (Å²) >= 11 is 22.0. The molecule has 0 heterocycles. The van der Waals surface area contributed by atoms with Crippen LogP contribution in [0.25, 0.3) is 0 Å². The Morgan fingerprint density at radius 3 is 1.14 bits per heavy atom. The fourth-order valence-electron chi connectivity index (χ4n) is 0.978. The summed E-state index contributed by atoms with van der Waals surface area (Å²) in [7, 11) is 0. The zero-order chi connectivity index (χ0) is 11.0. The van der Waals surface area contributed by atoms with Crippen molar-refractivity contribution in [1.29, 1.82) is 0 Å². The molecule has 0 aliphatic rings. The minimum Gasteiger partial charge on any atom is -0.0910 e. The number of benzene rings is 1. The first-order valence-corrected chi connectivity index (χ1v) is 21.0.